The maximum absolute atomic E-state index is 2.37. The molecule has 1 rings (SSSR count). The molecule has 1 atom stereocenters. The van der Waals surface area contributed by atoms with Crippen molar-refractivity contribution in [3.63, 3.8) is 0 Å². The van der Waals surface area contributed by atoms with Crippen molar-refractivity contribution in [2.45, 2.75) is 40.5 Å². The third-order valence-electron chi connectivity index (χ3n) is 3.11. The molecule has 1 unspecified atom stereocenters. The highest BCUT2D eigenvalue weighted by Crippen LogP contribution is 2.25. The SMILES string of the molecule is CC(C)=CCCC(C)C1C=CC(C)C=C1. The Hall–Kier alpha value is -0.780. The second kappa shape index (κ2) is 5.95. The first-order valence-electron chi connectivity index (χ1n) is 6.09. The van der Waals surface area contributed by atoms with Crippen LogP contribution in [0.3, 0.4) is 0 Å². The molecule has 0 radical (unpaired) electrons. The third-order valence-corrected chi connectivity index (χ3v) is 3.11. The van der Waals surface area contributed by atoms with Crippen molar-refractivity contribution < 1.29 is 0 Å². The smallest absolute Gasteiger partial charge is 0.00273 e. The van der Waals surface area contributed by atoms with Crippen molar-refractivity contribution in [2.75, 3.05) is 0 Å². The number of allylic oxidation sites excluding steroid dienone is 6. The monoisotopic (exact) mass is 204 g/mol. The second-order valence-corrected chi connectivity index (χ2v) is 5.04. The average molecular weight is 204 g/mol. The molecule has 0 fully saturated rings. The van der Waals surface area contributed by atoms with Crippen LogP contribution in [0.4, 0.5) is 0 Å². The first-order chi connectivity index (χ1) is 7.09. The quantitative estimate of drug-likeness (QED) is 0.580. The standard InChI is InChI=1S/C15H24/c1-12(2)6-5-7-14(4)15-10-8-13(3)9-11-15/h6,8-11,13-15H,5,7H2,1-4H3. The van der Waals surface area contributed by atoms with E-state index in [4.69, 9.17) is 0 Å². The Morgan fingerprint density at radius 3 is 2.33 bits per heavy atom. The van der Waals surface area contributed by atoms with Gasteiger partial charge < -0.3 is 0 Å². The molecule has 1 aliphatic carbocycles. The first-order valence-corrected chi connectivity index (χ1v) is 6.09. The zero-order chi connectivity index (χ0) is 11.3. The van der Waals surface area contributed by atoms with Crippen LogP contribution in [0.2, 0.25) is 0 Å². The molecule has 0 saturated heterocycles. The highest BCUT2D eigenvalue weighted by molar-refractivity contribution is 5.13. The van der Waals surface area contributed by atoms with Gasteiger partial charge in [-0.2, -0.15) is 0 Å². The highest BCUT2D eigenvalue weighted by Gasteiger charge is 2.13. The van der Waals surface area contributed by atoms with Crippen LogP contribution in [-0.4, -0.2) is 0 Å². The number of hydrogen-bond donors (Lipinski definition) is 0. The van der Waals surface area contributed by atoms with Gasteiger partial charge in [0.1, 0.15) is 0 Å². The number of rotatable bonds is 4. The Kier molecular flexibility index (Phi) is 4.87. The summed E-state index contributed by atoms with van der Waals surface area (Å²) in [5, 5.41) is 0. The van der Waals surface area contributed by atoms with Gasteiger partial charge in [0.2, 0.25) is 0 Å². The van der Waals surface area contributed by atoms with E-state index in [2.05, 4.69) is 58.1 Å². The van der Waals surface area contributed by atoms with Crippen molar-refractivity contribution in [2.24, 2.45) is 17.8 Å². The molecule has 0 saturated carbocycles. The third kappa shape index (κ3) is 4.51. The Labute approximate surface area is 94.8 Å². The summed E-state index contributed by atoms with van der Waals surface area (Å²) in [5.41, 5.74) is 1.44. The Balaban J connectivity index is 2.35. The fourth-order valence-corrected chi connectivity index (χ4v) is 1.94. The van der Waals surface area contributed by atoms with Gasteiger partial charge in [0.05, 0.1) is 0 Å². The molecule has 0 aromatic rings. The summed E-state index contributed by atoms with van der Waals surface area (Å²) in [6.07, 6.45) is 14.2. The molecular weight excluding hydrogens is 180 g/mol. The van der Waals surface area contributed by atoms with Crippen LogP contribution in [0, 0.1) is 17.8 Å². The van der Waals surface area contributed by atoms with Gasteiger partial charge in [0.15, 0.2) is 0 Å². The van der Waals surface area contributed by atoms with Gasteiger partial charge in [-0.3, -0.25) is 0 Å². The molecule has 0 aromatic carbocycles. The summed E-state index contributed by atoms with van der Waals surface area (Å²) >= 11 is 0. The molecule has 0 aromatic heterocycles. The lowest BCUT2D eigenvalue weighted by atomic mass is 9.85. The van der Waals surface area contributed by atoms with Gasteiger partial charge >= 0.3 is 0 Å². The lowest BCUT2D eigenvalue weighted by molar-refractivity contribution is 0.459. The lowest BCUT2D eigenvalue weighted by Crippen LogP contribution is -2.09. The maximum Gasteiger partial charge on any atom is -0.00273 e. The van der Waals surface area contributed by atoms with E-state index >= 15 is 0 Å². The van der Waals surface area contributed by atoms with Crippen LogP contribution in [0.15, 0.2) is 36.0 Å². The molecule has 84 valence electrons. The molecule has 0 N–H and O–H groups in total. The number of hydrogen-bond acceptors (Lipinski definition) is 0. The predicted octanol–water partition coefficient (Wildman–Crippen LogP) is 4.75. The summed E-state index contributed by atoms with van der Waals surface area (Å²) in [6.45, 7) is 8.94. The zero-order valence-corrected chi connectivity index (χ0v) is 10.5. The minimum Gasteiger partial charge on any atom is -0.0859 e. The Bertz CT molecular complexity index is 250. The van der Waals surface area contributed by atoms with Crippen LogP contribution in [0.5, 0.6) is 0 Å². The fourth-order valence-electron chi connectivity index (χ4n) is 1.94. The van der Waals surface area contributed by atoms with E-state index in [1.54, 1.807) is 0 Å². The molecule has 15 heavy (non-hydrogen) atoms. The molecule has 0 heteroatoms. The first kappa shape index (κ1) is 12.3. The molecule has 1 aliphatic rings. The van der Waals surface area contributed by atoms with Crippen molar-refractivity contribution in [1.82, 2.24) is 0 Å². The Morgan fingerprint density at radius 2 is 1.80 bits per heavy atom. The van der Waals surface area contributed by atoms with Crippen LogP contribution >= 0.6 is 0 Å². The zero-order valence-electron chi connectivity index (χ0n) is 10.5. The van der Waals surface area contributed by atoms with Gasteiger partial charge in [0, 0.05) is 0 Å². The normalized spacial score (nSPS) is 26.4. The summed E-state index contributed by atoms with van der Waals surface area (Å²) in [5.74, 6) is 2.05. The van der Waals surface area contributed by atoms with Gasteiger partial charge in [-0.25, -0.2) is 0 Å². The second-order valence-electron chi connectivity index (χ2n) is 5.04. The van der Waals surface area contributed by atoms with E-state index in [9.17, 15) is 0 Å². The van der Waals surface area contributed by atoms with Crippen LogP contribution in [0.1, 0.15) is 40.5 Å². The summed E-state index contributed by atoms with van der Waals surface area (Å²) in [6, 6.07) is 0. The summed E-state index contributed by atoms with van der Waals surface area (Å²) < 4.78 is 0. The average Bonchev–Trinajstić information content (AvgIpc) is 2.18. The molecule has 0 spiro atoms. The van der Waals surface area contributed by atoms with Crippen LogP contribution in [0.25, 0.3) is 0 Å². The van der Waals surface area contributed by atoms with Crippen molar-refractivity contribution >= 4 is 0 Å². The van der Waals surface area contributed by atoms with Crippen LogP contribution < -0.4 is 0 Å². The van der Waals surface area contributed by atoms with Crippen molar-refractivity contribution in [3.05, 3.63) is 36.0 Å². The van der Waals surface area contributed by atoms with Gasteiger partial charge in [-0.15, -0.1) is 0 Å². The van der Waals surface area contributed by atoms with Crippen molar-refractivity contribution in [1.29, 1.82) is 0 Å². The summed E-state index contributed by atoms with van der Waals surface area (Å²) in [4.78, 5) is 0. The minimum absolute atomic E-state index is 0.631. The maximum atomic E-state index is 2.37. The van der Waals surface area contributed by atoms with Crippen molar-refractivity contribution in [3.8, 4) is 0 Å². The van der Waals surface area contributed by atoms with Gasteiger partial charge in [-0.05, 0) is 44.4 Å². The molecule has 0 aliphatic heterocycles. The Morgan fingerprint density at radius 1 is 1.20 bits per heavy atom. The minimum atomic E-state index is 0.631. The van der Waals surface area contributed by atoms with Gasteiger partial charge in [0.25, 0.3) is 0 Å². The largest absolute Gasteiger partial charge is 0.0859 e. The fraction of sp³-hybridized carbons (Fsp3) is 0.600. The van der Waals surface area contributed by atoms with E-state index in [0.717, 1.165) is 5.92 Å². The lowest BCUT2D eigenvalue weighted by Gasteiger charge is -2.20. The van der Waals surface area contributed by atoms with Crippen LogP contribution in [-0.2, 0) is 0 Å². The van der Waals surface area contributed by atoms with E-state index in [1.807, 2.05) is 0 Å². The molecule has 0 nitrogen and oxygen atoms in total. The van der Waals surface area contributed by atoms with E-state index in [0.29, 0.717) is 11.8 Å². The molecule has 0 amide bonds. The molecular formula is C15H24. The molecule has 0 bridgehead atoms. The topological polar surface area (TPSA) is 0 Å². The highest BCUT2D eigenvalue weighted by atomic mass is 14.2. The predicted molar refractivity (Wildman–Crippen MR) is 68.8 cm³/mol. The van der Waals surface area contributed by atoms with E-state index in [1.165, 1.54) is 18.4 Å². The van der Waals surface area contributed by atoms with Gasteiger partial charge in [-0.1, -0.05) is 49.8 Å². The van der Waals surface area contributed by atoms with E-state index < -0.39 is 0 Å². The molecule has 0 heterocycles. The summed E-state index contributed by atoms with van der Waals surface area (Å²) in [7, 11) is 0. The van der Waals surface area contributed by atoms with E-state index in [-0.39, 0.29) is 0 Å².